The number of anilines is 1. The van der Waals surface area contributed by atoms with Crippen LogP contribution in [0.4, 0.5) is 14.7 Å². The Labute approximate surface area is 133 Å². The lowest BCUT2D eigenvalue weighted by Gasteiger charge is -2.22. The molecule has 0 saturated carbocycles. The minimum Gasteiger partial charge on any atom is -0.342 e. The topological polar surface area (TPSA) is 38.1 Å². The van der Waals surface area contributed by atoms with Gasteiger partial charge in [0.05, 0.1) is 6.54 Å². The summed E-state index contributed by atoms with van der Waals surface area (Å²) in [5, 5.41) is 0. The summed E-state index contributed by atoms with van der Waals surface area (Å²) in [5.74, 6) is -0.503. The molecule has 4 nitrogen and oxygen atoms in total. The molecule has 0 spiro atoms. The number of benzene rings is 1. The highest BCUT2D eigenvalue weighted by molar-refractivity contribution is 5.37. The molecule has 1 saturated heterocycles. The lowest BCUT2D eigenvalue weighted by atomic mass is 10.2. The maximum atomic E-state index is 14.0. The number of nitrogens with zero attached hydrogens (tertiary/aromatic N) is 3. The van der Waals surface area contributed by atoms with Crippen LogP contribution in [-0.2, 0) is 6.54 Å². The van der Waals surface area contributed by atoms with Gasteiger partial charge >= 0.3 is 0 Å². The zero-order valence-corrected chi connectivity index (χ0v) is 13.3. The van der Waals surface area contributed by atoms with Crippen molar-refractivity contribution in [3.05, 3.63) is 57.0 Å². The molecule has 1 fully saturated rings. The SMILES string of the molecule is Cc1nc(N2CCCC2)n(Cc2cc(F)ccc2F)c(=O)c1C. The summed E-state index contributed by atoms with van der Waals surface area (Å²) < 4.78 is 28.8. The highest BCUT2D eigenvalue weighted by atomic mass is 19.1. The summed E-state index contributed by atoms with van der Waals surface area (Å²) in [6, 6.07) is 3.28. The number of aryl methyl sites for hydroxylation is 1. The predicted octanol–water partition coefficient (Wildman–Crippen LogP) is 2.79. The van der Waals surface area contributed by atoms with Crippen LogP contribution in [0, 0.1) is 25.5 Å². The fraction of sp³-hybridized carbons (Fsp3) is 0.412. The Bertz CT molecular complexity index is 795. The van der Waals surface area contributed by atoms with Gasteiger partial charge in [-0.2, -0.15) is 0 Å². The molecule has 1 aromatic heterocycles. The number of halogens is 2. The molecule has 1 aliphatic heterocycles. The third-order valence-corrected chi connectivity index (χ3v) is 4.34. The van der Waals surface area contributed by atoms with E-state index in [2.05, 4.69) is 4.98 Å². The van der Waals surface area contributed by atoms with Gasteiger partial charge in [-0.15, -0.1) is 0 Å². The van der Waals surface area contributed by atoms with E-state index in [1.54, 1.807) is 13.8 Å². The van der Waals surface area contributed by atoms with Crippen LogP contribution in [0.1, 0.15) is 29.7 Å². The van der Waals surface area contributed by atoms with Gasteiger partial charge in [0.1, 0.15) is 11.6 Å². The molecule has 3 rings (SSSR count). The predicted molar refractivity (Wildman–Crippen MR) is 84.9 cm³/mol. The van der Waals surface area contributed by atoms with Gasteiger partial charge < -0.3 is 4.90 Å². The number of hydrogen-bond acceptors (Lipinski definition) is 3. The maximum absolute atomic E-state index is 14.0. The van der Waals surface area contributed by atoms with Gasteiger partial charge in [-0.1, -0.05) is 0 Å². The second-order valence-electron chi connectivity index (χ2n) is 5.94. The lowest BCUT2D eigenvalue weighted by molar-refractivity contribution is 0.571. The van der Waals surface area contributed by atoms with Crippen LogP contribution in [0.3, 0.4) is 0 Å². The van der Waals surface area contributed by atoms with Crippen LogP contribution >= 0.6 is 0 Å². The summed E-state index contributed by atoms with van der Waals surface area (Å²) in [7, 11) is 0. The van der Waals surface area contributed by atoms with Gasteiger partial charge in [0, 0.05) is 29.9 Å². The quantitative estimate of drug-likeness (QED) is 0.873. The molecule has 0 N–H and O–H groups in total. The van der Waals surface area contributed by atoms with Crippen molar-refractivity contribution >= 4 is 5.95 Å². The smallest absolute Gasteiger partial charge is 0.258 e. The molecular weight excluding hydrogens is 300 g/mol. The summed E-state index contributed by atoms with van der Waals surface area (Å²) in [6.45, 7) is 5.11. The first-order valence-corrected chi connectivity index (χ1v) is 7.74. The van der Waals surface area contributed by atoms with E-state index < -0.39 is 11.6 Å². The van der Waals surface area contributed by atoms with Crippen molar-refractivity contribution in [2.45, 2.75) is 33.2 Å². The van der Waals surface area contributed by atoms with Crippen molar-refractivity contribution in [2.75, 3.05) is 18.0 Å². The average molecular weight is 319 g/mol. The van der Waals surface area contributed by atoms with Crippen molar-refractivity contribution in [1.29, 1.82) is 0 Å². The van der Waals surface area contributed by atoms with Crippen LogP contribution in [-0.4, -0.2) is 22.6 Å². The molecule has 0 aliphatic carbocycles. The molecule has 122 valence electrons. The Morgan fingerprint density at radius 1 is 1.17 bits per heavy atom. The monoisotopic (exact) mass is 319 g/mol. The standard InChI is InChI=1S/C17H19F2N3O/c1-11-12(2)20-17(21-7-3-4-8-21)22(16(11)23)10-13-9-14(18)5-6-15(13)19/h5-6,9H,3-4,7-8,10H2,1-2H3. The Kier molecular flexibility index (Phi) is 4.15. The Hall–Kier alpha value is -2.24. The van der Waals surface area contributed by atoms with Gasteiger partial charge in [-0.05, 0) is 44.9 Å². The minimum absolute atomic E-state index is 0.0254. The number of aromatic nitrogens is 2. The van der Waals surface area contributed by atoms with Crippen molar-refractivity contribution in [3.63, 3.8) is 0 Å². The Morgan fingerprint density at radius 2 is 1.87 bits per heavy atom. The molecule has 0 amide bonds. The molecule has 23 heavy (non-hydrogen) atoms. The average Bonchev–Trinajstić information content (AvgIpc) is 3.05. The highest BCUT2D eigenvalue weighted by Crippen LogP contribution is 2.20. The molecule has 1 aliphatic rings. The van der Waals surface area contributed by atoms with E-state index in [4.69, 9.17) is 0 Å². The molecule has 6 heteroatoms. The third-order valence-electron chi connectivity index (χ3n) is 4.34. The van der Waals surface area contributed by atoms with Gasteiger partial charge in [-0.3, -0.25) is 9.36 Å². The normalized spacial score (nSPS) is 14.5. The Balaban J connectivity index is 2.11. The van der Waals surface area contributed by atoms with E-state index in [1.165, 1.54) is 4.57 Å². The van der Waals surface area contributed by atoms with Crippen molar-refractivity contribution in [2.24, 2.45) is 0 Å². The van der Waals surface area contributed by atoms with Gasteiger partial charge in [0.25, 0.3) is 5.56 Å². The molecular formula is C17H19F2N3O. The lowest BCUT2D eigenvalue weighted by Crippen LogP contribution is -2.33. The zero-order chi connectivity index (χ0) is 16.6. The van der Waals surface area contributed by atoms with Crippen LogP contribution in [0.2, 0.25) is 0 Å². The summed E-state index contributed by atoms with van der Waals surface area (Å²) in [6.07, 6.45) is 2.08. The minimum atomic E-state index is -0.524. The van der Waals surface area contributed by atoms with Crippen LogP contribution in [0.5, 0.6) is 0 Å². The van der Waals surface area contributed by atoms with Crippen LogP contribution in [0.15, 0.2) is 23.0 Å². The first-order chi connectivity index (χ1) is 11.0. The zero-order valence-electron chi connectivity index (χ0n) is 13.3. The first kappa shape index (κ1) is 15.6. The molecule has 0 bridgehead atoms. The van der Waals surface area contributed by atoms with E-state index >= 15 is 0 Å². The van der Waals surface area contributed by atoms with Crippen molar-refractivity contribution in [3.8, 4) is 0 Å². The molecule has 2 heterocycles. The van der Waals surface area contributed by atoms with E-state index in [0.29, 0.717) is 17.2 Å². The van der Waals surface area contributed by atoms with E-state index in [9.17, 15) is 13.6 Å². The molecule has 0 radical (unpaired) electrons. The van der Waals surface area contributed by atoms with Crippen LogP contribution in [0.25, 0.3) is 0 Å². The van der Waals surface area contributed by atoms with Crippen LogP contribution < -0.4 is 10.5 Å². The second-order valence-corrected chi connectivity index (χ2v) is 5.94. The maximum Gasteiger partial charge on any atom is 0.258 e. The fourth-order valence-corrected chi connectivity index (χ4v) is 2.88. The van der Waals surface area contributed by atoms with Crippen molar-refractivity contribution in [1.82, 2.24) is 9.55 Å². The van der Waals surface area contributed by atoms with Gasteiger partial charge in [-0.25, -0.2) is 13.8 Å². The van der Waals surface area contributed by atoms with Gasteiger partial charge in [0.2, 0.25) is 5.95 Å². The fourth-order valence-electron chi connectivity index (χ4n) is 2.88. The highest BCUT2D eigenvalue weighted by Gasteiger charge is 2.21. The van der Waals surface area contributed by atoms with E-state index in [0.717, 1.165) is 44.1 Å². The van der Waals surface area contributed by atoms with Gasteiger partial charge in [0.15, 0.2) is 0 Å². The second kappa shape index (κ2) is 6.10. The third kappa shape index (κ3) is 2.98. The largest absolute Gasteiger partial charge is 0.342 e. The molecule has 0 atom stereocenters. The Morgan fingerprint density at radius 3 is 2.57 bits per heavy atom. The van der Waals surface area contributed by atoms with Crippen molar-refractivity contribution < 1.29 is 8.78 Å². The number of hydrogen-bond donors (Lipinski definition) is 0. The summed E-state index contributed by atoms with van der Waals surface area (Å²) in [5.41, 5.74) is 1.15. The number of rotatable bonds is 3. The molecule has 1 aromatic carbocycles. The molecule has 0 unspecified atom stereocenters. The first-order valence-electron chi connectivity index (χ1n) is 7.74. The summed E-state index contributed by atoms with van der Waals surface area (Å²) in [4.78, 5) is 19.2. The van der Waals surface area contributed by atoms with E-state index in [-0.39, 0.29) is 17.7 Å². The molecule has 2 aromatic rings. The van der Waals surface area contributed by atoms with E-state index in [1.807, 2.05) is 4.90 Å². The summed E-state index contributed by atoms with van der Waals surface area (Å²) >= 11 is 0.